The summed E-state index contributed by atoms with van der Waals surface area (Å²) in [5.74, 6) is 0. The summed E-state index contributed by atoms with van der Waals surface area (Å²) in [4.78, 5) is 11.9. The van der Waals surface area contributed by atoms with Crippen molar-refractivity contribution in [1.82, 2.24) is 15.8 Å². The molecule has 0 unspecified atom stereocenters. The first-order valence-electron chi connectivity index (χ1n) is 5.99. The van der Waals surface area contributed by atoms with Crippen LogP contribution in [0.5, 0.6) is 0 Å². The minimum Gasteiger partial charge on any atom is -0.330 e. The van der Waals surface area contributed by atoms with Crippen LogP contribution in [-0.2, 0) is 0 Å². The van der Waals surface area contributed by atoms with Crippen LogP contribution < -0.4 is 10.7 Å². The molecule has 0 aliphatic heterocycles. The molecule has 0 fully saturated rings. The fourth-order valence-electron chi connectivity index (χ4n) is 1.63. The number of nitrogens with zero attached hydrogens (tertiary/aromatic N) is 1. The summed E-state index contributed by atoms with van der Waals surface area (Å²) < 4.78 is 0. The number of hydrazine groups is 1. The van der Waals surface area contributed by atoms with Gasteiger partial charge in [0.1, 0.15) is 0 Å². The minimum absolute atomic E-state index is 0.0106. The van der Waals surface area contributed by atoms with E-state index in [1.165, 1.54) is 0 Å². The lowest BCUT2D eigenvalue weighted by atomic mass is 10.1. The van der Waals surface area contributed by atoms with E-state index in [1.54, 1.807) is 12.1 Å². The summed E-state index contributed by atoms with van der Waals surface area (Å²) in [6, 6.07) is 9.85. The molecule has 1 aromatic carbocycles. The Kier molecular flexibility index (Phi) is 5.49. The van der Waals surface area contributed by atoms with Crippen molar-refractivity contribution in [3.8, 4) is 0 Å². The summed E-state index contributed by atoms with van der Waals surface area (Å²) in [7, 11) is 1.75. The smallest absolute Gasteiger partial charge is 0.330 e. The van der Waals surface area contributed by atoms with Crippen LogP contribution in [-0.4, -0.2) is 24.6 Å². The highest BCUT2D eigenvalue weighted by Gasteiger charge is 2.14. The normalized spacial score (nSPS) is 11.9. The number of amides is 2. The van der Waals surface area contributed by atoms with Gasteiger partial charge in [0, 0.05) is 13.6 Å². The molecule has 1 aromatic rings. The van der Waals surface area contributed by atoms with E-state index in [-0.39, 0.29) is 12.1 Å². The van der Waals surface area contributed by atoms with Gasteiger partial charge in [-0.15, -0.1) is 0 Å². The van der Waals surface area contributed by atoms with E-state index in [0.29, 0.717) is 6.54 Å². The van der Waals surface area contributed by atoms with E-state index in [0.717, 1.165) is 12.0 Å². The predicted molar refractivity (Wildman–Crippen MR) is 69.4 cm³/mol. The highest BCUT2D eigenvalue weighted by atomic mass is 16.2. The number of carbonyl (C=O) groups excluding carboxylic acids is 1. The molecule has 4 heteroatoms. The molecular formula is C13H21N3O. The molecule has 1 atom stereocenters. The Balaban J connectivity index is 2.56. The van der Waals surface area contributed by atoms with Crippen LogP contribution in [0.2, 0.25) is 0 Å². The second kappa shape index (κ2) is 6.91. The molecule has 0 saturated heterocycles. The standard InChI is InChI=1S/C13H21N3O/c1-4-10-16(14-3)13(17)15-11(2)12-8-6-5-7-9-12/h5-9,11,14H,4,10H2,1-3H3,(H,15,17)/t11-/m0/s1. The molecule has 0 saturated carbocycles. The molecule has 1 rings (SSSR count). The molecule has 0 aliphatic carbocycles. The summed E-state index contributed by atoms with van der Waals surface area (Å²) in [6.07, 6.45) is 0.925. The average molecular weight is 235 g/mol. The molecule has 0 radical (unpaired) electrons. The van der Waals surface area contributed by atoms with Crippen molar-refractivity contribution in [1.29, 1.82) is 0 Å². The third-order valence-corrected chi connectivity index (χ3v) is 2.60. The molecule has 17 heavy (non-hydrogen) atoms. The maximum atomic E-state index is 11.9. The molecule has 0 spiro atoms. The summed E-state index contributed by atoms with van der Waals surface area (Å²) in [6.45, 7) is 4.72. The second-order valence-corrected chi connectivity index (χ2v) is 3.96. The lowest BCUT2D eigenvalue weighted by Crippen LogP contribution is -2.47. The van der Waals surface area contributed by atoms with Crippen LogP contribution in [0.15, 0.2) is 30.3 Å². The number of rotatable bonds is 5. The van der Waals surface area contributed by atoms with Crippen LogP contribution in [0.1, 0.15) is 31.9 Å². The molecule has 0 heterocycles. The van der Waals surface area contributed by atoms with Crippen molar-refractivity contribution in [3.05, 3.63) is 35.9 Å². The molecule has 0 aromatic heterocycles. The maximum Gasteiger partial charge on any atom is 0.332 e. The number of urea groups is 1. The van der Waals surface area contributed by atoms with Crippen molar-refractivity contribution >= 4 is 6.03 Å². The zero-order valence-electron chi connectivity index (χ0n) is 10.7. The Morgan fingerprint density at radius 2 is 2.00 bits per heavy atom. The van der Waals surface area contributed by atoms with Gasteiger partial charge in [-0.3, -0.25) is 5.01 Å². The van der Waals surface area contributed by atoms with Gasteiger partial charge in [0.2, 0.25) is 0 Å². The van der Waals surface area contributed by atoms with Crippen molar-refractivity contribution in [2.75, 3.05) is 13.6 Å². The van der Waals surface area contributed by atoms with Gasteiger partial charge in [-0.25, -0.2) is 10.2 Å². The Morgan fingerprint density at radius 1 is 1.35 bits per heavy atom. The number of hydrogen-bond acceptors (Lipinski definition) is 2. The lowest BCUT2D eigenvalue weighted by molar-refractivity contribution is 0.174. The van der Waals surface area contributed by atoms with Gasteiger partial charge < -0.3 is 5.32 Å². The SMILES string of the molecule is CCCN(NC)C(=O)N[C@@H](C)c1ccccc1. The number of carbonyl (C=O) groups is 1. The molecule has 94 valence electrons. The average Bonchev–Trinajstić information content (AvgIpc) is 2.36. The van der Waals surface area contributed by atoms with Gasteiger partial charge in [0.25, 0.3) is 0 Å². The van der Waals surface area contributed by atoms with Crippen molar-refractivity contribution in [3.63, 3.8) is 0 Å². The van der Waals surface area contributed by atoms with Crippen LogP contribution >= 0.6 is 0 Å². The maximum absolute atomic E-state index is 11.9. The minimum atomic E-state index is -0.0919. The van der Waals surface area contributed by atoms with E-state index < -0.39 is 0 Å². The zero-order chi connectivity index (χ0) is 12.7. The van der Waals surface area contributed by atoms with Crippen LogP contribution in [0.3, 0.4) is 0 Å². The fourth-order valence-corrected chi connectivity index (χ4v) is 1.63. The predicted octanol–water partition coefficient (Wildman–Crippen LogP) is 2.30. The molecule has 0 aliphatic rings. The van der Waals surface area contributed by atoms with Crippen LogP contribution in [0, 0.1) is 0 Å². The highest BCUT2D eigenvalue weighted by molar-refractivity contribution is 5.74. The van der Waals surface area contributed by atoms with Gasteiger partial charge in [0.05, 0.1) is 6.04 Å². The summed E-state index contributed by atoms with van der Waals surface area (Å²) in [5.41, 5.74) is 3.99. The van der Waals surface area contributed by atoms with Gasteiger partial charge in [-0.05, 0) is 18.9 Å². The van der Waals surface area contributed by atoms with Crippen molar-refractivity contribution in [2.45, 2.75) is 26.3 Å². The highest BCUT2D eigenvalue weighted by Crippen LogP contribution is 2.11. The lowest BCUT2D eigenvalue weighted by Gasteiger charge is -2.23. The van der Waals surface area contributed by atoms with Crippen LogP contribution in [0.25, 0.3) is 0 Å². The summed E-state index contributed by atoms with van der Waals surface area (Å²) >= 11 is 0. The van der Waals surface area contributed by atoms with Gasteiger partial charge in [0.15, 0.2) is 0 Å². The van der Waals surface area contributed by atoms with E-state index in [2.05, 4.69) is 10.7 Å². The van der Waals surface area contributed by atoms with Crippen LogP contribution in [0.4, 0.5) is 4.79 Å². The molecule has 2 amide bonds. The third kappa shape index (κ3) is 4.07. The Bertz CT molecular complexity index is 340. The largest absolute Gasteiger partial charge is 0.332 e. The first kappa shape index (κ1) is 13.5. The third-order valence-electron chi connectivity index (χ3n) is 2.60. The first-order valence-corrected chi connectivity index (χ1v) is 5.99. The van der Waals surface area contributed by atoms with Crippen molar-refractivity contribution < 1.29 is 4.79 Å². The molecule has 4 nitrogen and oxygen atoms in total. The fraction of sp³-hybridized carbons (Fsp3) is 0.462. The number of nitrogens with one attached hydrogen (secondary N) is 2. The molecular weight excluding hydrogens is 214 g/mol. The molecule has 0 bridgehead atoms. The van der Waals surface area contributed by atoms with E-state index in [1.807, 2.05) is 44.2 Å². The van der Waals surface area contributed by atoms with E-state index in [9.17, 15) is 4.79 Å². The number of benzene rings is 1. The zero-order valence-corrected chi connectivity index (χ0v) is 10.7. The monoisotopic (exact) mass is 235 g/mol. The topological polar surface area (TPSA) is 44.4 Å². The first-order chi connectivity index (χ1) is 8.19. The Labute approximate surface area is 103 Å². The van der Waals surface area contributed by atoms with Gasteiger partial charge in [-0.1, -0.05) is 37.3 Å². The molecule has 2 N–H and O–H groups in total. The van der Waals surface area contributed by atoms with Crippen molar-refractivity contribution in [2.24, 2.45) is 0 Å². The second-order valence-electron chi connectivity index (χ2n) is 3.96. The quantitative estimate of drug-likeness (QED) is 0.769. The van der Waals surface area contributed by atoms with Gasteiger partial charge >= 0.3 is 6.03 Å². The van der Waals surface area contributed by atoms with Gasteiger partial charge in [-0.2, -0.15) is 0 Å². The number of hydrogen-bond donors (Lipinski definition) is 2. The van der Waals surface area contributed by atoms with E-state index >= 15 is 0 Å². The summed E-state index contributed by atoms with van der Waals surface area (Å²) in [5, 5.41) is 4.54. The Hall–Kier alpha value is -1.55. The Morgan fingerprint density at radius 3 is 2.53 bits per heavy atom. The van der Waals surface area contributed by atoms with E-state index in [4.69, 9.17) is 0 Å².